The standard InChI is InChI=1S/C18H24N4O3/c1-2-24-17-6-5-14(10-19-17)12-22-8-7-15(13-22)21-18(23)20-11-16-4-3-9-25-16/h3-6,9-10,15H,2,7-8,11-13H2,1H3,(H2,20,21,23). The van der Waals surface area contributed by atoms with E-state index in [-0.39, 0.29) is 12.1 Å². The average Bonchev–Trinajstić information content (AvgIpc) is 3.27. The average molecular weight is 344 g/mol. The minimum atomic E-state index is -0.161. The molecular formula is C18H24N4O3. The second-order valence-electron chi connectivity index (χ2n) is 6.06. The summed E-state index contributed by atoms with van der Waals surface area (Å²) in [7, 11) is 0. The van der Waals surface area contributed by atoms with E-state index in [1.807, 2.05) is 31.3 Å². The summed E-state index contributed by atoms with van der Waals surface area (Å²) in [4.78, 5) is 18.6. The van der Waals surface area contributed by atoms with E-state index in [1.165, 1.54) is 0 Å². The Morgan fingerprint density at radius 1 is 1.44 bits per heavy atom. The van der Waals surface area contributed by atoms with E-state index in [2.05, 4.69) is 20.5 Å². The van der Waals surface area contributed by atoms with Crippen LogP contribution < -0.4 is 15.4 Å². The Morgan fingerprint density at radius 3 is 3.08 bits per heavy atom. The Hall–Kier alpha value is -2.54. The highest BCUT2D eigenvalue weighted by Crippen LogP contribution is 2.15. The minimum absolute atomic E-state index is 0.159. The molecule has 7 nitrogen and oxygen atoms in total. The number of pyridine rings is 1. The molecular weight excluding hydrogens is 320 g/mol. The van der Waals surface area contributed by atoms with Crippen molar-refractivity contribution in [3.8, 4) is 5.88 Å². The van der Waals surface area contributed by atoms with Gasteiger partial charge in [0.2, 0.25) is 5.88 Å². The van der Waals surface area contributed by atoms with Gasteiger partial charge in [-0.05, 0) is 31.0 Å². The quantitative estimate of drug-likeness (QED) is 0.804. The lowest BCUT2D eigenvalue weighted by molar-refractivity contribution is 0.234. The van der Waals surface area contributed by atoms with Crippen LogP contribution in [0.15, 0.2) is 41.1 Å². The number of hydrogen-bond acceptors (Lipinski definition) is 5. The minimum Gasteiger partial charge on any atom is -0.478 e. The van der Waals surface area contributed by atoms with Gasteiger partial charge >= 0.3 is 6.03 Å². The van der Waals surface area contributed by atoms with E-state index in [9.17, 15) is 4.79 Å². The first-order valence-corrected chi connectivity index (χ1v) is 8.59. The fraction of sp³-hybridized carbons (Fsp3) is 0.444. The lowest BCUT2D eigenvalue weighted by atomic mass is 10.2. The first kappa shape index (κ1) is 17.3. The molecule has 1 aliphatic rings. The second-order valence-corrected chi connectivity index (χ2v) is 6.06. The number of amides is 2. The molecule has 2 amide bonds. The van der Waals surface area contributed by atoms with Gasteiger partial charge in [0.25, 0.3) is 0 Å². The van der Waals surface area contributed by atoms with Gasteiger partial charge < -0.3 is 19.8 Å². The predicted octanol–water partition coefficient (Wildman–Crippen LogP) is 2.15. The molecule has 7 heteroatoms. The van der Waals surface area contributed by atoms with Gasteiger partial charge in [0.05, 0.1) is 19.4 Å². The van der Waals surface area contributed by atoms with Gasteiger partial charge in [-0.25, -0.2) is 9.78 Å². The molecule has 2 aromatic heterocycles. The second kappa shape index (κ2) is 8.53. The molecule has 0 aromatic carbocycles. The molecule has 1 saturated heterocycles. The van der Waals surface area contributed by atoms with E-state index >= 15 is 0 Å². The zero-order valence-electron chi connectivity index (χ0n) is 14.4. The van der Waals surface area contributed by atoms with Crippen molar-refractivity contribution in [2.75, 3.05) is 19.7 Å². The van der Waals surface area contributed by atoms with Crippen molar-refractivity contribution in [2.24, 2.45) is 0 Å². The summed E-state index contributed by atoms with van der Waals surface area (Å²) in [6, 6.07) is 7.57. The lowest BCUT2D eigenvalue weighted by Gasteiger charge is -2.17. The Balaban J connectivity index is 1.39. The zero-order valence-corrected chi connectivity index (χ0v) is 14.4. The molecule has 3 rings (SSSR count). The van der Waals surface area contributed by atoms with Crippen molar-refractivity contribution < 1.29 is 13.9 Å². The number of aromatic nitrogens is 1. The lowest BCUT2D eigenvalue weighted by Crippen LogP contribution is -2.43. The third-order valence-corrected chi connectivity index (χ3v) is 4.11. The fourth-order valence-electron chi connectivity index (χ4n) is 2.91. The molecule has 0 radical (unpaired) electrons. The van der Waals surface area contributed by atoms with Crippen molar-refractivity contribution in [3.63, 3.8) is 0 Å². The van der Waals surface area contributed by atoms with Gasteiger partial charge in [0.15, 0.2) is 0 Å². The van der Waals surface area contributed by atoms with Crippen molar-refractivity contribution in [1.29, 1.82) is 0 Å². The molecule has 0 bridgehead atoms. The van der Waals surface area contributed by atoms with Crippen LogP contribution in [0.4, 0.5) is 4.79 Å². The maximum atomic E-state index is 12.0. The van der Waals surface area contributed by atoms with E-state index in [1.54, 1.807) is 12.3 Å². The molecule has 0 saturated carbocycles. The number of nitrogens with one attached hydrogen (secondary N) is 2. The molecule has 2 N–H and O–H groups in total. The number of nitrogens with zero attached hydrogens (tertiary/aromatic N) is 2. The molecule has 0 spiro atoms. The van der Waals surface area contributed by atoms with Gasteiger partial charge in [0, 0.05) is 37.9 Å². The summed E-state index contributed by atoms with van der Waals surface area (Å²) < 4.78 is 10.6. The summed E-state index contributed by atoms with van der Waals surface area (Å²) in [5.74, 6) is 1.40. The Labute approximate surface area is 147 Å². The normalized spacial score (nSPS) is 17.4. The van der Waals surface area contributed by atoms with Gasteiger partial charge in [0.1, 0.15) is 5.76 Å². The number of ether oxygens (including phenoxy) is 1. The third-order valence-electron chi connectivity index (χ3n) is 4.11. The van der Waals surface area contributed by atoms with Gasteiger partial charge in [-0.2, -0.15) is 0 Å². The van der Waals surface area contributed by atoms with Crippen LogP contribution in [0.1, 0.15) is 24.7 Å². The highest BCUT2D eigenvalue weighted by molar-refractivity contribution is 5.74. The number of furan rings is 1. The Morgan fingerprint density at radius 2 is 2.36 bits per heavy atom. The van der Waals surface area contributed by atoms with Gasteiger partial charge in [-0.3, -0.25) is 4.90 Å². The third kappa shape index (κ3) is 5.22. The Bertz CT molecular complexity index is 657. The molecule has 0 aliphatic carbocycles. The fourth-order valence-corrected chi connectivity index (χ4v) is 2.91. The molecule has 134 valence electrons. The summed E-state index contributed by atoms with van der Waals surface area (Å²) >= 11 is 0. The van der Waals surface area contributed by atoms with Crippen molar-refractivity contribution in [1.82, 2.24) is 20.5 Å². The number of hydrogen-bond donors (Lipinski definition) is 2. The van der Waals surface area contributed by atoms with Crippen LogP contribution in [0.2, 0.25) is 0 Å². The van der Waals surface area contributed by atoms with Crippen molar-refractivity contribution in [2.45, 2.75) is 32.5 Å². The van der Waals surface area contributed by atoms with Crippen molar-refractivity contribution >= 4 is 6.03 Å². The topological polar surface area (TPSA) is 79.6 Å². The molecule has 3 heterocycles. The Kier molecular flexibility index (Phi) is 5.90. The van der Waals surface area contributed by atoms with Crippen molar-refractivity contribution in [3.05, 3.63) is 48.0 Å². The van der Waals surface area contributed by atoms with E-state index < -0.39 is 0 Å². The SMILES string of the molecule is CCOc1ccc(CN2CCC(NC(=O)NCc3ccco3)C2)cn1. The maximum Gasteiger partial charge on any atom is 0.315 e. The van der Waals surface area contributed by atoms with Gasteiger partial charge in [-0.1, -0.05) is 6.07 Å². The number of rotatable bonds is 7. The predicted molar refractivity (Wildman–Crippen MR) is 93.2 cm³/mol. The van der Waals surface area contributed by atoms with E-state index in [4.69, 9.17) is 9.15 Å². The summed E-state index contributed by atoms with van der Waals surface area (Å²) in [5.41, 5.74) is 1.14. The molecule has 2 aromatic rings. The van der Waals surface area contributed by atoms with Crippen LogP contribution in [0, 0.1) is 0 Å². The molecule has 25 heavy (non-hydrogen) atoms. The monoisotopic (exact) mass is 344 g/mol. The molecule has 1 unspecified atom stereocenters. The highest BCUT2D eigenvalue weighted by atomic mass is 16.5. The largest absolute Gasteiger partial charge is 0.478 e. The van der Waals surface area contributed by atoms with Gasteiger partial charge in [-0.15, -0.1) is 0 Å². The smallest absolute Gasteiger partial charge is 0.315 e. The van der Waals surface area contributed by atoms with Crippen LogP contribution in [0.5, 0.6) is 5.88 Å². The van der Waals surface area contributed by atoms with E-state index in [0.717, 1.165) is 37.4 Å². The van der Waals surface area contributed by atoms with E-state index in [0.29, 0.717) is 19.0 Å². The number of urea groups is 1. The summed E-state index contributed by atoms with van der Waals surface area (Å²) in [6.07, 6.45) is 4.39. The molecule has 1 atom stereocenters. The first-order chi connectivity index (χ1) is 12.2. The van der Waals surface area contributed by atoms with Crippen LogP contribution in [-0.2, 0) is 13.1 Å². The summed E-state index contributed by atoms with van der Waals surface area (Å²) in [5, 5.41) is 5.82. The van der Waals surface area contributed by atoms with Crippen LogP contribution in [0.3, 0.4) is 0 Å². The highest BCUT2D eigenvalue weighted by Gasteiger charge is 2.23. The van der Waals surface area contributed by atoms with Crippen LogP contribution in [-0.4, -0.2) is 41.7 Å². The maximum absolute atomic E-state index is 12.0. The van der Waals surface area contributed by atoms with Crippen LogP contribution >= 0.6 is 0 Å². The van der Waals surface area contributed by atoms with Crippen LogP contribution in [0.25, 0.3) is 0 Å². The number of carbonyl (C=O) groups excluding carboxylic acids is 1. The number of carbonyl (C=O) groups is 1. The zero-order chi connectivity index (χ0) is 17.5. The summed E-state index contributed by atoms with van der Waals surface area (Å²) in [6.45, 7) is 5.57. The number of likely N-dealkylation sites (tertiary alicyclic amines) is 1. The molecule has 1 aliphatic heterocycles. The first-order valence-electron chi connectivity index (χ1n) is 8.59. The molecule has 1 fully saturated rings.